The number of nitrogens with one attached hydrogen (secondary N) is 1. The van der Waals surface area contributed by atoms with Crippen LogP contribution in [0.3, 0.4) is 0 Å². The number of para-hydroxylation sites is 1. The highest BCUT2D eigenvalue weighted by atomic mass is 35.5. The third-order valence-electron chi connectivity index (χ3n) is 1.96. The molecule has 0 radical (unpaired) electrons. The number of halogens is 5. The molecule has 0 atom stereocenters. The minimum atomic E-state index is 0.186. The Bertz CT molecular complexity index is 521. The number of thiol groups is 1. The molecule has 1 N–H and O–H groups in total. The number of hydrogen-bond acceptors (Lipinski definition) is 2. The molecular formula is C12H8Cl5NS. The van der Waals surface area contributed by atoms with Gasteiger partial charge in [-0.15, -0.1) is 0 Å². The Hall–Kier alpha value is 0.0400. The number of hydrogen-bond donors (Lipinski definition) is 2. The van der Waals surface area contributed by atoms with Crippen molar-refractivity contribution in [1.82, 2.24) is 0 Å². The molecule has 2 rings (SSSR count). The van der Waals surface area contributed by atoms with Crippen LogP contribution < -0.4 is 4.72 Å². The first-order valence-electron chi connectivity index (χ1n) is 4.91. The smallest absolute Gasteiger partial charge is 0.0808 e. The first kappa shape index (κ1) is 17.1. The molecule has 0 aliphatic heterocycles. The van der Waals surface area contributed by atoms with Gasteiger partial charge >= 0.3 is 0 Å². The fourth-order valence-electron chi connectivity index (χ4n) is 1.06. The van der Waals surface area contributed by atoms with Crippen molar-refractivity contribution in [1.29, 1.82) is 0 Å². The van der Waals surface area contributed by atoms with Crippen LogP contribution in [0.2, 0.25) is 25.1 Å². The summed E-state index contributed by atoms with van der Waals surface area (Å²) in [6.45, 7) is 0. The van der Waals surface area contributed by atoms with Gasteiger partial charge in [-0.3, -0.25) is 0 Å². The molecule has 102 valence electrons. The van der Waals surface area contributed by atoms with E-state index in [0.717, 1.165) is 5.69 Å². The van der Waals surface area contributed by atoms with Gasteiger partial charge in [0, 0.05) is 5.69 Å². The molecule has 0 unspecified atom stereocenters. The molecule has 2 aromatic rings. The van der Waals surface area contributed by atoms with Gasteiger partial charge < -0.3 is 4.72 Å². The van der Waals surface area contributed by atoms with E-state index in [2.05, 4.69) is 17.5 Å². The van der Waals surface area contributed by atoms with Crippen LogP contribution in [0.25, 0.3) is 0 Å². The van der Waals surface area contributed by atoms with Gasteiger partial charge in [0.15, 0.2) is 0 Å². The van der Waals surface area contributed by atoms with Crippen molar-refractivity contribution < 1.29 is 0 Å². The maximum absolute atomic E-state index is 5.66. The summed E-state index contributed by atoms with van der Waals surface area (Å²) in [5.41, 5.74) is 1.02. The zero-order valence-electron chi connectivity index (χ0n) is 9.30. The molecule has 1 nitrogen and oxygen atoms in total. The Labute approximate surface area is 142 Å². The predicted octanol–water partition coefficient (Wildman–Crippen LogP) is 6.90. The van der Waals surface area contributed by atoms with E-state index in [9.17, 15) is 0 Å². The molecule has 2 aromatic carbocycles. The van der Waals surface area contributed by atoms with Crippen molar-refractivity contribution in [2.75, 3.05) is 4.72 Å². The van der Waals surface area contributed by atoms with Gasteiger partial charge in [-0.25, -0.2) is 0 Å². The lowest BCUT2D eigenvalue weighted by Crippen LogP contribution is -1.75. The quantitative estimate of drug-likeness (QED) is 0.314. The van der Waals surface area contributed by atoms with Crippen LogP contribution in [0.15, 0.2) is 36.4 Å². The van der Waals surface area contributed by atoms with Crippen LogP contribution in [0.5, 0.6) is 0 Å². The van der Waals surface area contributed by atoms with Crippen molar-refractivity contribution >= 4 is 76.5 Å². The number of rotatable bonds is 1. The second-order valence-corrected chi connectivity index (χ2v) is 5.43. The third-order valence-corrected chi connectivity index (χ3v) is 4.37. The summed E-state index contributed by atoms with van der Waals surface area (Å²) in [6.07, 6.45) is 0. The van der Waals surface area contributed by atoms with Crippen molar-refractivity contribution in [2.24, 2.45) is 0 Å². The van der Waals surface area contributed by atoms with Crippen LogP contribution in [0.4, 0.5) is 5.69 Å². The fourth-order valence-corrected chi connectivity index (χ4v) is 2.32. The van der Waals surface area contributed by atoms with Crippen LogP contribution >= 0.6 is 70.8 Å². The fraction of sp³-hybridized carbons (Fsp3) is 0. The molecule has 0 aliphatic carbocycles. The summed E-state index contributed by atoms with van der Waals surface area (Å²) in [5.74, 6) is 0. The van der Waals surface area contributed by atoms with Gasteiger partial charge in [0.2, 0.25) is 0 Å². The Morgan fingerprint density at radius 2 is 1.21 bits per heavy atom. The minimum absolute atomic E-state index is 0.186. The van der Waals surface area contributed by atoms with Crippen LogP contribution in [0.1, 0.15) is 0 Å². The monoisotopic (exact) mass is 373 g/mol. The zero-order chi connectivity index (χ0) is 14.4. The average Bonchev–Trinajstić information content (AvgIpc) is 2.44. The van der Waals surface area contributed by atoms with Gasteiger partial charge in [-0.05, 0) is 18.2 Å². The molecule has 0 heterocycles. The molecule has 0 aliphatic rings. The highest BCUT2D eigenvalue weighted by Gasteiger charge is 2.10. The van der Waals surface area contributed by atoms with Gasteiger partial charge in [0.05, 0.1) is 25.1 Å². The van der Waals surface area contributed by atoms with Crippen molar-refractivity contribution in [3.63, 3.8) is 0 Å². The first-order chi connectivity index (χ1) is 8.97. The van der Waals surface area contributed by atoms with E-state index < -0.39 is 0 Å². The lowest BCUT2D eigenvalue weighted by Gasteiger charge is -2.02. The third kappa shape index (κ3) is 5.14. The summed E-state index contributed by atoms with van der Waals surface area (Å²) in [5, 5.41) is 1.23. The molecular weight excluding hydrogens is 367 g/mol. The second kappa shape index (κ2) is 8.35. The molecule has 0 amide bonds. The summed E-state index contributed by atoms with van der Waals surface area (Å²) in [4.78, 5) is 0. The van der Waals surface area contributed by atoms with E-state index in [0.29, 0.717) is 10.0 Å². The molecule has 0 bridgehead atoms. The predicted molar refractivity (Wildman–Crippen MR) is 90.5 cm³/mol. The standard InChI is InChI=1S/C6HCl5.C6H7NS/c7-2-1-3(8)5(10)6(11)4(2)9;8-7-6-4-2-1-3-5-6/h1H;1-5,7-8H. The minimum Gasteiger partial charge on any atom is -0.332 e. The molecule has 0 saturated heterocycles. The Kier molecular flexibility index (Phi) is 7.52. The van der Waals surface area contributed by atoms with Crippen molar-refractivity contribution in [2.45, 2.75) is 0 Å². The maximum Gasteiger partial charge on any atom is 0.0808 e. The molecule has 0 aromatic heterocycles. The van der Waals surface area contributed by atoms with Crippen LogP contribution in [-0.4, -0.2) is 0 Å². The molecule has 0 fully saturated rings. The molecule has 0 saturated carbocycles. The first-order valence-corrected chi connectivity index (χ1v) is 7.24. The Balaban J connectivity index is 0.000000200. The lowest BCUT2D eigenvalue weighted by molar-refractivity contribution is 1.69. The average molecular weight is 376 g/mol. The van der Waals surface area contributed by atoms with E-state index in [1.165, 1.54) is 6.07 Å². The van der Waals surface area contributed by atoms with E-state index in [1.807, 2.05) is 30.3 Å². The van der Waals surface area contributed by atoms with Crippen LogP contribution in [0, 0.1) is 0 Å². The van der Waals surface area contributed by atoms with E-state index in [1.54, 1.807) is 0 Å². The van der Waals surface area contributed by atoms with Gasteiger partial charge in [-0.1, -0.05) is 89.0 Å². The molecule has 0 spiro atoms. The normalized spacial score (nSPS) is 9.58. The molecule has 19 heavy (non-hydrogen) atoms. The summed E-state index contributed by atoms with van der Waals surface area (Å²) >= 11 is 32.1. The van der Waals surface area contributed by atoms with Crippen molar-refractivity contribution in [3.05, 3.63) is 61.5 Å². The van der Waals surface area contributed by atoms with E-state index in [-0.39, 0.29) is 15.1 Å². The maximum atomic E-state index is 5.66. The highest BCUT2D eigenvalue weighted by Crippen LogP contribution is 2.40. The lowest BCUT2D eigenvalue weighted by atomic mass is 10.3. The van der Waals surface area contributed by atoms with Crippen molar-refractivity contribution in [3.8, 4) is 0 Å². The summed E-state index contributed by atoms with van der Waals surface area (Å²) in [7, 11) is 0. The summed E-state index contributed by atoms with van der Waals surface area (Å²) < 4.78 is 2.72. The summed E-state index contributed by atoms with van der Waals surface area (Å²) in [6, 6.07) is 11.2. The highest BCUT2D eigenvalue weighted by molar-refractivity contribution is 7.81. The van der Waals surface area contributed by atoms with Gasteiger partial charge in [0.1, 0.15) is 0 Å². The second-order valence-electron chi connectivity index (χ2n) is 3.26. The van der Waals surface area contributed by atoms with Crippen LogP contribution in [-0.2, 0) is 0 Å². The Morgan fingerprint density at radius 1 is 0.737 bits per heavy atom. The van der Waals surface area contributed by atoms with E-state index >= 15 is 0 Å². The molecule has 7 heteroatoms. The van der Waals surface area contributed by atoms with E-state index in [4.69, 9.17) is 58.0 Å². The largest absolute Gasteiger partial charge is 0.332 e. The zero-order valence-corrected chi connectivity index (χ0v) is 14.0. The number of benzene rings is 2. The SMILES string of the molecule is Clc1cc(Cl)c(Cl)c(Cl)c1Cl.SNc1ccccc1. The van der Waals surface area contributed by atoms with Gasteiger partial charge in [0.25, 0.3) is 0 Å². The number of anilines is 1. The topological polar surface area (TPSA) is 12.0 Å². The van der Waals surface area contributed by atoms with Gasteiger partial charge in [-0.2, -0.15) is 0 Å². The Morgan fingerprint density at radius 3 is 1.58 bits per heavy atom.